The summed E-state index contributed by atoms with van der Waals surface area (Å²) in [6.07, 6.45) is 0.806. The first-order valence-corrected chi connectivity index (χ1v) is 9.55. The molecule has 3 rings (SSSR count). The van der Waals surface area contributed by atoms with Crippen molar-refractivity contribution in [3.8, 4) is 11.5 Å². The van der Waals surface area contributed by atoms with Crippen LogP contribution in [0.4, 0.5) is 11.4 Å². The Kier molecular flexibility index (Phi) is 6.24. The third kappa shape index (κ3) is 4.44. The molecule has 1 amide bonds. The first-order chi connectivity index (χ1) is 13.8. The molecule has 2 aromatic carbocycles. The van der Waals surface area contributed by atoms with Crippen LogP contribution >= 0.6 is 11.6 Å². The Hall–Kier alpha value is -2.84. The van der Waals surface area contributed by atoms with Gasteiger partial charge in [-0.3, -0.25) is 14.9 Å². The zero-order valence-corrected chi connectivity index (χ0v) is 17.2. The number of amides is 1. The maximum absolute atomic E-state index is 12.8. The molecule has 0 saturated carbocycles. The van der Waals surface area contributed by atoms with E-state index in [0.29, 0.717) is 18.0 Å². The molecule has 0 radical (unpaired) electrons. The van der Waals surface area contributed by atoms with Crippen molar-refractivity contribution in [2.45, 2.75) is 25.9 Å². The Labute approximate surface area is 173 Å². The van der Waals surface area contributed by atoms with Gasteiger partial charge in [-0.05, 0) is 30.7 Å². The van der Waals surface area contributed by atoms with Crippen LogP contribution in [0.2, 0.25) is 5.02 Å². The molecule has 2 N–H and O–H groups in total. The number of halogens is 1. The zero-order valence-electron chi connectivity index (χ0n) is 16.5. The first-order valence-electron chi connectivity index (χ1n) is 9.17. The van der Waals surface area contributed by atoms with E-state index in [0.717, 1.165) is 23.4 Å². The van der Waals surface area contributed by atoms with E-state index in [2.05, 4.69) is 5.32 Å². The number of anilines is 1. The van der Waals surface area contributed by atoms with Crippen LogP contribution in [-0.4, -0.2) is 37.6 Å². The van der Waals surface area contributed by atoms with Crippen LogP contribution in [0.15, 0.2) is 30.3 Å². The topological polar surface area (TPSA) is 95.1 Å². The normalized spacial score (nSPS) is 16.5. The van der Waals surface area contributed by atoms with E-state index < -0.39 is 4.92 Å². The van der Waals surface area contributed by atoms with Crippen molar-refractivity contribution in [1.29, 1.82) is 0 Å². The number of hydrogen-bond acceptors (Lipinski definition) is 5. The monoisotopic (exact) mass is 420 g/mol. The number of rotatable bonds is 6. The van der Waals surface area contributed by atoms with Crippen molar-refractivity contribution in [3.05, 3.63) is 56.6 Å². The zero-order chi connectivity index (χ0) is 21.1. The van der Waals surface area contributed by atoms with E-state index in [9.17, 15) is 14.9 Å². The van der Waals surface area contributed by atoms with Gasteiger partial charge in [-0.1, -0.05) is 11.6 Å². The van der Waals surface area contributed by atoms with Crippen LogP contribution in [0.25, 0.3) is 0 Å². The molecule has 0 fully saturated rings. The summed E-state index contributed by atoms with van der Waals surface area (Å²) in [5.74, 6) is 1.11. The summed E-state index contributed by atoms with van der Waals surface area (Å²) in [6.45, 7) is 3.27. The number of nitrogens with one attached hydrogen (secondary N) is 2. The van der Waals surface area contributed by atoms with Gasteiger partial charge in [0.15, 0.2) is 17.5 Å². The van der Waals surface area contributed by atoms with Gasteiger partial charge in [0.1, 0.15) is 6.54 Å². The highest BCUT2D eigenvalue weighted by Gasteiger charge is 2.30. The van der Waals surface area contributed by atoms with Crippen molar-refractivity contribution in [2.75, 3.05) is 26.1 Å². The fourth-order valence-corrected chi connectivity index (χ4v) is 3.67. The van der Waals surface area contributed by atoms with Crippen molar-refractivity contribution in [1.82, 2.24) is 0 Å². The number of nitro benzene ring substituents is 1. The Bertz CT molecular complexity index is 950. The molecule has 1 unspecified atom stereocenters. The number of carbonyl (C=O) groups excluding carboxylic acids is 1. The van der Waals surface area contributed by atoms with Crippen molar-refractivity contribution in [2.24, 2.45) is 0 Å². The fraction of sp³-hybridized carbons (Fsp3) is 0.350. The Morgan fingerprint density at radius 3 is 2.48 bits per heavy atom. The van der Waals surface area contributed by atoms with Gasteiger partial charge in [0.05, 0.1) is 36.4 Å². The highest BCUT2D eigenvalue weighted by atomic mass is 35.5. The van der Waals surface area contributed by atoms with Crippen LogP contribution in [-0.2, 0) is 17.8 Å². The lowest BCUT2D eigenvalue weighted by Crippen LogP contribution is -3.16. The lowest BCUT2D eigenvalue weighted by atomic mass is 9.97. The van der Waals surface area contributed by atoms with Gasteiger partial charge in [-0.2, -0.15) is 0 Å². The number of fused-ring (bicyclic) bond motifs is 1. The molecule has 9 heteroatoms. The number of carbonyl (C=O) groups is 1. The number of benzene rings is 2. The highest BCUT2D eigenvalue weighted by Crippen LogP contribution is 2.31. The maximum atomic E-state index is 12.8. The Balaban J connectivity index is 1.75. The van der Waals surface area contributed by atoms with E-state index in [-0.39, 0.29) is 28.3 Å². The van der Waals surface area contributed by atoms with E-state index in [1.165, 1.54) is 23.8 Å². The van der Waals surface area contributed by atoms with Gasteiger partial charge < -0.3 is 19.7 Å². The predicted molar refractivity (Wildman–Crippen MR) is 109 cm³/mol. The van der Waals surface area contributed by atoms with Crippen LogP contribution in [0.5, 0.6) is 11.5 Å². The molecule has 1 aliphatic rings. The number of non-ortho nitro benzene ring substituents is 1. The van der Waals surface area contributed by atoms with Crippen LogP contribution in [0.3, 0.4) is 0 Å². The van der Waals surface area contributed by atoms with E-state index in [1.807, 2.05) is 19.1 Å². The maximum Gasteiger partial charge on any atom is 0.282 e. The molecule has 0 spiro atoms. The summed E-state index contributed by atoms with van der Waals surface area (Å²) in [4.78, 5) is 24.3. The lowest BCUT2D eigenvalue weighted by molar-refractivity contribution is -0.929. The molecule has 154 valence electrons. The number of hydrogen-bond donors (Lipinski definition) is 2. The van der Waals surface area contributed by atoms with Crippen LogP contribution in [0.1, 0.15) is 18.1 Å². The molecule has 0 bridgehead atoms. The van der Waals surface area contributed by atoms with E-state index in [1.54, 1.807) is 14.2 Å². The summed E-state index contributed by atoms with van der Waals surface area (Å²) in [6, 6.07) is 7.55. The molecule has 29 heavy (non-hydrogen) atoms. The minimum absolute atomic E-state index is 0.127. The van der Waals surface area contributed by atoms with Crippen LogP contribution < -0.4 is 19.7 Å². The SMILES string of the molecule is COc1cc2c(cc1OC)C[NH+]([C@@H](C)C(=O)Nc1cc([N+](=O)[O-])ccc1Cl)CC2. The van der Waals surface area contributed by atoms with Gasteiger partial charge in [0.2, 0.25) is 0 Å². The van der Waals surface area contributed by atoms with E-state index >= 15 is 0 Å². The molecule has 8 nitrogen and oxygen atoms in total. The van der Waals surface area contributed by atoms with Gasteiger partial charge in [0.25, 0.3) is 11.6 Å². The average Bonchev–Trinajstić information content (AvgIpc) is 2.72. The summed E-state index contributed by atoms with van der Waals surface area (Å²) >= 11 is 6.09. The number of quaternary nitrogens is 1. The second-order valence-corrected chi connectivity index (χ2v) is 7.35. The van der Waals surface area contributed by atoms with Gasteiger partial charge >= 0.3 is 0 Å². The minimum Gasteiger partial charge on any atom is -0.493 e. The lowest BCUT2D eigenvalue weighted by Gasteiger charge is -2.30. The van der Waals surface area contributed by atoms with Gasteiger partial charge in [-0.15, -0.1) is 0 Å². The van der Waals surface area contributed by atoms with Crippen molar-refractivity contribution >= 4 is 28.9 Å². The smallest absolute Gasteiger partial charge is 0.282 e. The van der Waals surface area contributed by atoms with Gasteiger partial charge in [0, 0.05) is 24.1 Å². The quantitative estimate of drug-likeness (QED) is 0.552. The highest BCUT2D eigenvalue weighted by molar-refractivity contribution is 6.33. The summed E-state index contributed by atoms with van der Waals surface area (Å²) in [5, 5.41) is 14.0. The summed E-state index contributed by atoms with van der Waals surface area (Å²) in [5.41, 5.74) is 2.40. The molecule has 0 aliphatic carbocycles. The third-order valence-corrected chi connectivity index (χ3v) is 5.59. The molecule has 1 aliphatic heterocycles. The number of nitro groups is 1. The molecular formula is C20H23ClN3O5+. The number of ether oxygens (including phenoxy) is 2. The minimum atomic E-state index is -0.524. The molecule has 2 aromatic rings. The second kappa shape index (κ2) is 8.67. The number of methoxy groups -OCH3 is 2. The predicted octanol–water partition coefficient (Wildman–Crippen LogP) is 2.23. The molecule has 1 heterocycles. The number of nitrogens with zero attached hydrogens (tertiary/aromatic N) is 1. The fourth-order valence-electron chi connectivity index (χ4n) is 3.51. The van der Waals surface area contributed by atoms with Gasteiger partial charge in [-0.25, -0.2) is 0 Å². The Morgan fingerprint density at radius 1 is 1.21 bits per heavy atom. The molecule has 2 atom stereocenters. The molecular weight excluding hydrogens is 398 g/mol. The first kappa shape index (κ1) is 20.9. The van der Waals surface area contributed by atoms with E-state index in [4.69, 9.17) is 21.1 Å². The van der Waals surface area contributed by atoms with Crippen molar-refractivity contribution < 1.29 is 24.1 Å². The molecule has 0 aromatic heterocycles. The summed E-state index contributed by atoms with van der Waals surface area (Å²) < 4.78 is 10.7. The summed E-state index contributed by atoms with van der Waals surface area (Å²) in [7, 11) is 3.20. The average molecular weight is 421 g/mol. The third-order valence-electron chi connectivity index (χ3n) is 5.26. The second-order valence-electron chi connectivity index (χ2n) is 6.94. The standard InChI is InChI=1S/C20H22ClN3O5/c1-12(20(25)22-17-10-15(24(26)27)4-5-16(17)21)23-7-6-13-8-18(28-2)19(29-3)9-14(13)11-23/h4-5,8-10,12H,6-7,11H2,1-3H3,(H,22,25)/p+1/t12-/m0/s1. The van der Waals surface area contributed by atoms with Crippen LogP contribution in [0, 0.1) is 10.1 Å². The Morgan fingerprint density at radius 2 is 1.86 bits per heavy atom. The molecule has 0 saturated heterocycles. The largest absolute Gasteiger partial charge is 0.493 e. The van der Waals surface area contributed by atoms with Crippen molar-refractivity contribution in [3.63, 3.8) is 0 Å².